The molecule has 0 heterocycles. The van der Waals surface area contributed by atoms with Crippen molar-refractivity contribution in [3.8, 4) is 0 Å². The predicted octanol–water partition coefficient (Wildman–Crippen LogP) is 2.13. The Bertz CT molecular complexity index is 321. The molecule has 0 fully saturated rings. The maximum Gasteiger partial charge on any atom is 0.389 e. The predicted molar refractivity (Wildman–Crippen MR) is 62.7 cm³/mol. The fourth-order valence-electron chi connectivity index (χ4n) is 1.18. The summed E-state index contributed by atoms with van der Waals surface area (Å²) in [5, 5.41) is 13.5. The molecule has 0 aromatic heterocycles. The van der Waals surface area contributed by atoms with E-state index in [0.717, 1.165) is 0 Å². The number of urea groups is 1. The maximum absolute atomic E-state index is 11.8. The average Bonchev–Trinajstić information content (AvgIpc) is 2.30. The number of rotatable bonds is 7. The number of amides is 2. The van der Waals surface area contributed by atoms with Gasteiger partial charge in [0.05, 0.1) is 5.41 Å². The highest BCUT2D eigenvalue weighted by atomic mass is 19.4. The van der Waals surface area contributed by atoms with Gasteiger partial charge in [-0.15, -0.1) is 0 Å². The number of nitrogens with one attached hydrogen (secondary N) is 2. The van der Waals surface area contributed by atoms with Gasteiger partial charge in [-0.2, -0.15) is 13.2 Å². The molecule has 0 bridgehead atoms. The molecule has 1 unspecified atom stereocenters. The number of alkyl halides is 3. The van der Waals surface area contributed by atoms with Crippen LogP contribution in [0, 0.1) is 5.41 Å². The van der Waals surface area contributed by atoms with Gasteiger partial charge in [-0.3, -0.25) is 4.79 Å². The Morgan fingerprint density at radius 2 is 1.79 bits per heavy atom. The van der Waals surface area contributed by atoms with Crippen molar-refractivity contribution in [1.82, 2.24) is 10.6 Å². The summed E-state index contributed by atoms with van der Waals surface area (Å²) in [6, 6.07) is -0.664. The van der Waals surface area contributed by atoms with Crippen LogP contribution in [0.2, 0.25) is 0 Å². The Balaban J connectivity index is 3.91. The van der Waals surface area contributed by atoms with Crippen LogP contribution in [0.4, 0.5) is 18.0 Å². The summed E-state index contributed by atoms with van der Waals surface area (Å²) in [7, 11) is 0. The lowest BCUT2D eigenvalue weighted by Gasteiger charge is -2.23. The number of carboxylic acids is 1. The molecule has 0 saturated heterocycles. The van der Waals surface area contributed by atoms with Gasteiger partial charge in [-0.1, -0.05) is 6.92 Å². The van der Waals surface area contributed by atoms with Crippen molar-refractivity contribution >= 4 is 12.0 Å². The zero-order chi connectivity index (χ0) is 15.1. The molecule has 0 aliphatic rings. The minimum Gasteiger partial charge on any atom is -0.481 e. The molecule has 0 rings (SSSR count). The summed E-state index contributed by atoms with van der Waals surface area (Å²) in [5.74, 6) is -1.03. The van der Waals surface area contributed by atoms with E-state index in [2.05, 4.69) is 10.6 Å². The van der Waals surface area contributed by atoms with Crippen molar-refractivity contribution in [2.45, 2.75) is 39.3 Å². The largest absolute Gasteiger partial charge is 0.481 e. The van der Waals surface area contributed by atoms with Crippen LogP contribution in [0.5, 0.6) is 0 Å². The summed E-state index contributed by atoms with van der Waals surface area (Å²) in [6.07, 6.45) is -5.07. The summed E-state index contributed by atoms with van der Waals surface area (Å²) < 4.78 is 35.5. The first kappa shape index (κ1) is 17.5. The van der Waals surface area contributed by atoms with Crippen LogP contribution in [0.25, 0.3) is 0 Å². The van der Waals surface area contributed by atoms with Crippen molar-refractivity contribution in [1.29, 1.82) is 0 Å². The van der Waals surface area contributed by atoms with E-state index >= 15 is 0 Å². The third-order valence-electron chi connectivity index (χ3n) is 2.86. The molecule has 0 spiro atoms. The van der Waals surface area contributed by atoms with Crippen molar-refractivity contribution in [2.24, 2.45) is 5.41 Å². The van der Waals surface area contributed by atoms with E-state index in [-0.39, 0.29) is 19.5 Å². The van der Waals surface area contributed by atoms with Crippen LogP contribution >= 0.6 is 0 Å². The fourth-order valence-corrected chi connectivity index (χ4v) is 1.18. The molecular formula is C11H19F3N2O3. The first-order valence-corrected chi connectivity index (χ1v) is 5.92. The van der Waals surface area contributed by atoms with Gasteiger partial charge in [0.1, 0.15) is 0 Å². The molecular weight excluding hydrogens is 265 g/mol. The second-order valence-corrected chi connectivity index (χ2v) is 4.55. The van der Waals surface area contributed by atoms with Gasteiger partial charge < -0.3 is 15.7 Å². The lowest BCUT2D eigenvalue weighted by molar-refractivity contribution is -0.147. The maximum atomic E-state index is 11.8. The third-order valence-corrected chi connectivity index (χ3v) is 2.86. The number of aliphatic carboxylic acids is 1. The molecule has 0 aliphatic carbocycles. The second kappa shape index (κ2) is 7.20. The lowest BCUT2D eigenvalue weighted by atomic mass is 9.88. The molecule has 0 aliphatic heterocycles. The van der Waals surface area contributed by atoms with E-state index in [1.807, 2.05) is 0 Å². The molecule has 0 saturated carbocycles. The Morgan fingerprint density at radius 3 is 2.21 bits per heavy atom. The van der Waals surface area contributed by atoms with Crippen LogP contribution < -0.4 is 10.6 Å². The number of carboxylic acid groups (broad SMARTS) is 1. The smallest absolute Gasteiger partial charge is 0.389 e. The van der Waals surface area contributed by atoms with Gasteiger partial charge >= 0.3 is 18.2 Å². The van der Waals surface area contributed by atoms with Crippen molar-refractivity contribution in [2.75, 3.05) is 13.1 Å². The third kappa shape index (κ3) is 7.53. The van der Waals surface area contributed by atoms with Crippen LogP contribution in [-0.4, -0.2) is 36.4 Å². The van der Waals surface area contributed by atoms with E-state index in [1.54, 1.807) is 6.92 Å². The normalized spacial score (nSPS) is 14.6. The second-order valence-electron chi connectivity index (χ2n) is 4.55. The van der Waals surface area contributed by atoms with E-state index < -0.39 is 30.0 Å². The Hall–Kier alpha value is -1.47. The molecule has 5 nitrogen and oxygen atoms in total. The van der Waals surface area contributed by atoms with Gasteiger partial charge in [0, 0.05) is 19.5 Å². The van der Waals surface area contributed by atoms with Gasteiger partial charge in [-0.25, -0.2) is 4.79 Å². The molecule has 3 N–H and O–H groups in total. The van der Waals surface area contributed by atoms with Crippen molar-refractivity contribution in [3.63, 3.8) is 0 Å². The van der Waals surface area contributed by atoms with Gasteiger partial charge in [-0.05, 0) is 19.8 Å². The molecule has 8 heteroatoms. The minimum atomic E-state index is -4.23. The standard InChI is InChI=1S/C11H19F3N2O3/c1-3-10(2,8(17)18)7-16-9(19)15-6-4-5-11(12,13)14/h3-7H2,1-2H3,(H,17,18)(H2,15,16,19). The first-order valence-electron chi connectivity index (χ1n) is 5.92. The quantitative estimate of drug-likeness (QED) is 0.627. The molecule has 0 aromatic carbocycles. The van der Waals surface area contributed by atoms with Crippen molar-refractivity contribution < 1.29 is 27.9 Å². The van der Waals surface area contributed by atoms with Crippen LogP contribution in [-0.2, 0) is 4.79 Å². The number of hydrogen-bond acceptors (Lipinski definition) is 2. The zero-order valence-electron chi connectivity index (χ0n) is 10.9. The molecule has 0 radical (unpaired) electrons. The average molecular weight is 284 g/mol. The van der Waals surface area contributed by atoms with Gasteiger partial charge in [0.15, 0.2) is 0 Å². The van der Waals surface area contributed by atoms with Crippen LogP contribution in [0.1, 0.15) is 33.1 Å². The Morgan fingerprint density at radius 1 is 1.21 bits per heavy atom. The van der Waals surface area contributed by atoms with Gasteiger partial charge in [0.2, 0.25) is 0 Å². The SMILES string of the molecule is CCC(C)(CNC(=O)NCCCC(F)(F)F)C(=O)O. The van der Waals surface area contributed by atoms with Crippen LogP contribution in [0.3, 0.4) is 0 Å². The topological polar surface area (TPSA) is 78.4 Å². The summed E-state index contributed by atoms with van der Waals surface area (Å²) in [4.78, 5) is 22.2. The highest BCUT2D eigenvalue weighted by Gasteiger charge is 2.31. The van der Waals surface area contributed by atoms with Gasteiger partial charge in [0.25, 0.3) is 0 Å². The van der Waals surface area contributed by atoms with Crippen molar-refractivity contribution in [3.05, 3.63) is 0 Å². The van der Waals surface area contributed by atoms with E-state index in [0.29, 0.717) is 6.42 Å². The molecule has 112 valence electrons. The minimum absolute atomic E-state index is 0.0794. The zero-order valence-corrected chi connectivity index (χ0v) is 10.9. The highest BCUT2D eigenvalue weighted by Crippen LogP contribution is 2.21. The van der Waals surface area contributed by atoms with E-state index in [1.165, 1.54) is 6.92 Å². The summed E-state index contributed by atoms with van der Waals surface area (Å²) in [5.41, 5.74) is -1.08. The molecule has 2 amide bonds. The monoisotopic (exact) mass is 284 g/mol. The molecule has 0 aromatic rings. The summed E-state index contributed by atoms with van der Waals surface area (Å²) >= 11 is 0. The van der Waals surface area contributed by atoms with E-state index in [9.17, 15) is 22.8 Å². The number of halogens is 3. The van der Waals surface area contributed by atoms with Crippen LogP contribution in [0.15, 0.2) is 0 Å². The number of carbonyl (C=O) groups excluding carboxylic acids is 1. The number of carbonyl (C=O) groups is 2. The van der Waals surface area contributed by atoms with E-state index in [4.69, 9.17) is 5.11 Å². The number of hydrogen-bond donors (Lipinski definition) is 3. The molecule has 1 atom stereocenters. The highest BCUT2D eigenvalue weighted by molar-refractivity contribution is 5.77. The first-order chi connectivity index (χ1) is 8.60. The lowest BCUT2D eigenvalue weighted by Crippen LogP contribution is -2.44. The molecule has 19 heavy (non-hydrogen) atoms. The summed E-state index contributed by atoms with van der Waals surface area (Å²) in [6.45, 7) is 2.97. The fraction of sp³-hybridized carbons (Fsp3) is 0.818. The Kier molecular flexibility index (Phi) is 6.64. The Labute approximate surface area is 109 Å².